The van der Waals surface area contributed by atoms with E-state index < -0.39 is 5.41 Å². The first-order valence-corrected chi connectivity index (χ1v) is 26.4. The summed E-state index contributed by atoms with van der Waals surface area (Å²) in [7, 11) is 0. The third-order valence-corrected chi connectivity index (χ3v) is 17.8. The molecular formula is C72H59N. The molecule has 0 aliphatic heterocycles. The fourth-order valence-electron chi connectivity index (χ4n) is 13.8. The highest BCUT2D eigenvalue weighted by Crippen LogP contribution is 2.64. The molecule has 0 saturated carbocycles. The van der Waals surface area contributed by atoms with E-state index in [1.807, 2.05) is 0 Å². The Morgan fingerprint density at radius 1 is 0.274 bits per heavy atom. The smallest absolute Gasteiger partial charge is 0.0726 e. The highest BCUT2D eigenvalue weighted by atomic mass is 15.1. The lowest BCUT2D eigenvalue weighted by molar-refractivity contribution is 0.332. The summed E-state index contributed by atoms with van der Waals surface area (Å²) >= 11 is 0. The second kappa shape index (κ2) is 15.7. The summed E-state index contributed by atoms with van der Waals surface area (Å²) in [6.07, 6.45) is 2.33. The molecule has 4 aliphatic rings. The quantitative estimate of drug-likeness (QED) is 0.161. The lowest BCUT2D eigenvalue weighted by atomic mass is 9.63. The summed E-state index contributed by atoms with van der Waals surface area (Å²) in [5, 5.41) is 0. The summed E-state index contributed by atoms with van der Waals surface area (Å²) in [5.74, 6) is 0. The van der Waals surface area contributed by atoms with E-state index in [0.29, 0.717) is 0 Å². The van der Waals surface area contributed by atoms with Gasteiger partial charge >= 0.3 is 0 Å². The van der Waals surface area contributed by atoms with Gasteiger partial charge in [0.2, 0.25) is 0 Å². The number of anilines is 3. The van der Waals surface area contributed by atoms with E-state index in [1.54, 1.807) is 0 Å². The van der Waals surface area contributed by atoms with Crippen molar-refractivity contribution in [2.75, 3.05) is 4.90 Å². The first-order valence-electron chi connectivity index (χ1n) is 26.4. The summed E-state index contributed by atoms with van der Waals surface area (Å²) in [6.45, 7) is 14.6. The molecule has 0 bridgehead atoms. The van der Waals surface area contributed by atoms with Gasteiger partial charge in [-0.05, 0) is 166 Å². The zero-order chi connectivity index (χ0) is 49.4. The van der Waals surface area contributed by atoms with Gasteiger partial charge in [0.15, 0.2) is 0 Å². The first-order chi connectivity index (χ1) is 35.4. The zero-order valence-electron chi connectivity index (χ0n) is 42.7. The Kier molecular flexibility index (Phi) is 9.44. The maximum absolute atomic E-state index is 2.61. The SMILES string of the molecule is CC1(C)CCC(C)(C)c2cc(-c3cc4c(cc3N(c3ccc(-c5ccc(-c6ccccc6)cc5)cc3)c3ccc5c(c3)C(C)(C)c3ccccc3-5)C3(c5ccccc5-c5ccccc53)c3ccccc3-4)ccc21. The normalized spacial score (nSPS) is 16.1. The van der Waals surface area contributed by atoms with Gasteiger partial charge in [-0.1, -0.05) is 230 Å². The van der Waals surface area contributed by atoms with E-state index in [-0.39, 0.29) is 16.2 Å². The third-order valence-electron chi connectivity index (χ3n) is 17.8. The predicted octanol–water partition coefficient (Wildman–Crippen LogP) is 19.2. The molecule has 10 aromatic carbocycles. The first kappa shape index (κ1) is 43.8. The van der Waals surface area contributed by atoms with Crippen LogP contribution in [-0.4, -0.2) is 0 Å². The van der Waals surface area contributed by atoms with Gasteiger partial charge in [-0.3, -0.25) is 0 Å². The van der Waals surface area contributed by atoms with Gasteiger partial charge in [0.25, 0.3) is 0 Å². The number of hydrogen-bond acceptors (Lipinski definition) is 1. The van der Waals surface area contributed by atoms with Gasteiger partial charge < -0.3 is 4.90 Å². The van der Waals surface area contributed by atoms with E-state index in [4.69, 9.17) is 0 Å². The van der Waals surface area contributed by atoms with E-state index in [0.717, 1.165) is 17.8 Å². The van der Waals surface area contributed by atoms with Gasteiger partial charge in [-0.25, -0.2) is 0 Å². The molecule has 0 amide bonds. The molecule has 14 rings (SSSR count). The molecule has 1 spiro atoms. The Bertz CT molecular complexity index is 3820. The molecule has 0 fully saturated rings. The van der Waals surface area contributed by atoms with Gasteiger partial charge in [0.05, 0.1) is 11.1 Å². The van der Waals surface area contributed by atoms with Gasteiger partial charge in [0.1, 0.15) is 0 Å². The fraction of sp³-hybridized carbons (Fsp3) is 0.167. The second-order valence-corrected chi connectivity index (χ2v) is 23.1. The molecule has 10 aromatic rings. The minimum atomic E-state index is -0.503. The largest absolute Gasteiger partial charge is 0.310 e. The lowest BCUT2D eigenvalue weighted by Crippen LogP contribution is -2.33. The van der Waals surface area contributed by atoms with Crippen LogP contribution in [0.5, 0.6) is 0 Å². The molecule has 1 nitrogen and oxygen atoms in total. The van der Waals surface area contributed by atoms with Crippen LogP contribution in [0.15, 0.2) is 224 Å². The van der Waals surface area contributed by atoms with Crippen LogP contribution in [0.1, 0.15) is 98.9 Å². The molecule has 73 heavy (non-hydrogen) atoms. The second-order valence-electron chi connectivity index (χ2n) is 23.1. The van der Waals surface area contributed by atoms with E-state index >= 15 is 0 Å². The standard InChI is InChI=1S/C72H59N/c1-69(2)40-41-70(3,4)67-42-50(34-39-64(67)69)58-44-59-56-23-13-17-27-63(56)72(61-25-15-11-21-54(61)55-22-12-16-26-62(55)72)66(59)45-68(58)73(52-37-38-57-53-20-10-14-24-60(53)71(5,6)65(57)43-52)51-35-32-49(33-36-51)48-30-28-47(29-31-48)46-18-8-7-9-19-46/h7-39,42-45H,40-41H2,1-6H3. The summed E-state index contributed by atoms with van der Waals surface area (Å²) in [6, 6.07) is 85.6. The van der Waals surface area contributed by atoms with Crippen molar-refractivity contribution in [1.29, 1.82) is 0 Å². The summed E-state index contributed by atoms with van der Waals surface area (Å²) < 4.78 is 0. The average molecular weight is 938 g/mol. The Balaban J connectivity index is 1.05. The average Bonchev–Trinajstić information content (AvgIpc) is 3.98. The monoisotopic (exact) mass is 937 g/mol. The number of fused-ring (bicyclic) bond motifs is 14. The predicted molar refractivity (Wildman–Crippen MR) is 307 cm³/mol. The molecule has 352 valence electrons. The zero-order valence-corrected chi connectivity index (χ0v) is 42.7. The third kappa shape index (κ3) is 6.34. The number of hydrogen-bond donors (Lipinski definition) is 0. The molecule has 0 aromatic heterocycles. The van der Waals surface area contributed by atoms with Crippen LogP contribution >= 0.6 is 0 Å². The van der Waals surface area contributed by atoms with Gasteiger partial charge in [0, 0.05) is 22.4 Å². The van der Waals surface area contributed by atoms with Crippen molar-refractivity contribution in [1.82, 2.24) is 0 Å². The Morgan fingerprint density at radius 2 is 0.712 bits per heavy atom. The van der Waals surface area contributed by atoms with Crippen molar-refractivity contribution in [2.24, 2.45) is 0 Å². The van der Waals surface area contributed by atoms with Gasteiger partial charge in [-0.2, -0.15) is 0 Å². The lowest BCUT2D eigenvalue weighted by Gasteiger charge is -2.42. The highest BCUT2D eigenvalue weighted by Gasteiger charge is 2.52. The van der Waals surface area contributed by atoms with E-state index in [2.05, 4.69) is 271 Å². The number of nitrogens with zero attached hydrogens (tertiary/aromatic N) is 1. The Morgan fingerprint density at radius 3 is 1.30 bits per heavy atom. The van der Waals surface area contributed by atoms with Crippen LogP contribution < -0.4 is 4.90 Å². The molecule has 0 N–H and O–H groups in total. The van der Waals surface area contributed by atoms with E-state index in [9.17, 15) is 0 Å². The van der Waals surface area contributed by atoms with Crippen molar-refractivity contribution in [3.8, 4) is 66.8 Å². The molecular weight excluding hydrogens is 879 g/mol. The number of benzene rings is 10. The Hall–Kier alpha value is -8.00. The fourth-order valence-corrected chi connectivity index (χ4v) is 13.8. The molecule has 0 saturated heterocycles. The molecule has 0 radical (unpaired) electrons. The van der Waals surface area contributed by atoms with Crippen molar-refractivity contribution < 1.29 is 0 Å². The minimum absolute atomic E-state index is 0.0427. The maximum Gasteiger partial charge on any atom is 0.0726 e. The van der Waals surface area contributed by atoms with Crippen LogP contribution in [-0.2, 0) is 21.7 Å². The van der Waals surface area contributed by atoms with Crippen LogP contribution in [0.25, 0.3) is 66.8 Å². The van der Waals surface area contributed by atoms with Crippen molar-refractivity contribution in [3.63, 3.8) is 0 Å². The summed E-state index contributed by atoms with van der Waals surface area (Å²) in [4.78, 5) is 2.59. The van der Waals surface area contributed by atoms with Crippen LogP contribution in [0.3, 0.4) is 0 Å². The maximum atomic E-state index is 2.61. The van der Waals surface area contributed by atoms with E-state index in [1.165, 1.54) is 123 Å². The minimum Gasteiger partial charge on any atom is -0.310 e. The highest BCUT2D eigenvalue weighted by molar-refractivity contribution is 6.00. The molecule has 0 atom stereocenters. The van der Waals surface area contributed by atoms with Crippen molar-refractivity contribution in [2.45, 2.75) is 76.0 Å². The van der Waals surface area contributed by atoms with Crippen molar-refractivity contribution >= 4 is 17.1 Å². The molecule has 0 heterocycles. The topological polar surface area (TPSA) is 3.24 Å². The van der Waals surface area contributed by atoms with Crippen LogP contribution in [0.2, 0.25) is 0 Å². The van der Waals surface area contributed by atoms with Gasteiger partial charge in [-0.15, -0.1) is 0 Å². The summed E-state index contributed by atoms with van der Waals surface area (Å²) in [5.41, 5.74) is 29.2. The number of rotatable bonds is 6. The van der Waals surface area contributed by atoms with Crippen LogP contribution in [0, 0.1) is 0 Å². The molecule has 4 aliphatic carbocycles. The van der Waals surface area contributed by atoms with Crippen molar-refractivity contribution in [3.05, 3.63) is 269 Å². The molecule has 1 heteroatoms. The Labute approximate surface area is 431 Å². The van der Waals surface area contributed by atoms with Crippen LogP contribution in [0.4, 0.5) is 17.1 Å². The molecule has 0 unspecified atom stereocenters.